The van der Waals surface area contributed by atoms with Gasteiger partial charge in [0, 0.05) is 12.2 Å². The molecule has 6 heteroatoms. The number of carbonyl (C=O) groups excluding carboxylic acids is 3. The highest BCUT2D eigenvalue weighted by Crippen LogP contribution is 2.22. The van der Waals surface area contributed by atoms with E-state index in [9.17, 15) is 14.4 Å². The van der Waals surface area contributed by atoms with Gasteiger partial charge in [-0.1, -0.05) is 0 Å². The van der Waals surface area contributed by atoms with Crippen LogP contribution < -0.4 is 9.64 Å². The van der Waals surface area contributed by atoms with Crippen molar-refractivity contribution in [1.29, 1.82) is 0 Å². The van der Waals surface area contributed by atoms with Gasteiger partial charge in [0.05, 0.1) is 12.3 Å². The summed E-state index contributed by atoms with van der Waals surface area (Å²) in [5, 5.41) is 0. The highest BCUT2D eigenvalue weighted by molar-refractivity contribution is 6.28. The Bertz CT molecular complexity index is 543. The van der Waals surface area contributed by atoms with Crippen molar-refractivity contribution in [1.82, 2.24) is 0 Å². The molecule has 104 valence electrons. The van der Waals surface area contributed by atoms with Gasteiger partial charge in [-0.25, -0.2) is 9.69 Å². The number of hydrogen-bond acceptors (Lipinski definition) is 5. The van der Waals surface area contributed by atoms with Crippen LogP contribution in [-0.2, 0) is 19.1 Å². The van der Waals surface area contributed by atoms with E-state index in [-0.39, 0.29) is 18.4 Å². The van der Waals surface area contributed by atoms with Crippen molar-refractivity contribution >= 4 is 23.5 Å². The maximum atomic E-state index is 11.5. The molecule has 2 amide bonds. The summed E-state index contributed by atoms with van der Waals surface area (Å²) in [5.41, 5.74) is 0.452. The summed E-state index contributed by atoms with van der Waals surface area (Å²) in [6.07, 6.45) is 2.43. The van der Waals surface area contributed by atoms with Crippen LogP contribution in [0.4, 0.5) is 5.69 Å². The summed E-state index contributed by atoms with van der Waals surface area (Å²) in [6.45, 7) is 1.83. The predicted molar refractivity (Wildman–Crippen MR) is 70.2 cm³/mol. The van der Waals surface area contributed by atoms with Crippen LogP contribution in [0.2, 0.25) is 0 Å². The van der Waals surface area contributed by atoms with Crippen molar-refractivity contribution in [3.05, 3.63) is 36.4 Å². The highest BCUT2D eigenvalue weighted by atomic mass is 16.6. The molecule has 1 aliphatic heterocycles. The smallest absolute Gasteiger partial charge is 0.344 e. The fraction of sp³-hybridized carbons (Fsp3) is 0.214. The van der Waals surface area contributed by atoms with E-state index in [0.29, 0.717) is 18.0 Å². The Morgan fingerprint density at radius 2 is 1.70 bits per heavy atom. The third kappa shape index (κ3) is 3.03. The maximum Gasteiger partial charge on any atom is 0.344 e. The second-order valence-corrected chi connectivity index (χ2v) is 3.93. The quantitative estimate of drug-likeness (QED) is 0.593. The van der Waals surface area contributed by atoms with Gasteiger partial charge in [0.15, 0.2) is 6.61 Å². The van der Waals surface area contributed by atoms with Crippen molar-refractivity contribution in [3.63, 3.8) is 0 Å². The van der Waals surface area contributed by atoms with Crippen LogP contribution in [0, 0.1) is 0 Å². The first-order chi connectivity index (χ1) is 9.61. The topological polar surface area (TPSA) is 72.9 Å². The first-order valence-electron chi connectivity index (χ1n) is 6.06. The Hall–Kier alpha value is -2.63. The molecule has 1 aromatic carbocycles. The summed E-state index contributed by atoms with van der Waals surface area (Å²) < 4.78 is 9.94. The molecule has 0 unspecified atom stereocenters. The van der Waals surface area contributed by atoms with E-state index in [2.05, 4.69) is 0 Å². The monoisotopic (exact) mass is 275 g/mol. The molecule has 0 aromatic heterocycles. The molecule has 1 aliphatic rings. The molecule has 0 radical (unpaired) electrons. The molecule has 1 heterocycles. The number of amides is 2. The van der Waals surface area contributed by atoms with Crippen molar-refractivity contribution < 1.29 is 23.9 Å². The number of carbonyl (C=O) groups is 3. The van der Waals surface area contributed by atoms with E-state index in [4.69, 9.17) is 9.47 Å². The molecule has 0 N–H and O–H groups in total. The number of imide groups is 1. The molecule has 1 aromatic rings. The van der Waals surface area contributed by atoms with Crippen molar-refractivity contribution in [2.75, 3.05) is 18.1 Å². The number of benzene rings is 1. The van der Waals surface area contributed by atoms with E-state index >= 15 is 0 Å². The molecule has 0 saturated carbocycles. The average molecular weight is 275 g/mol. The van der Waals surface area contributed by atoms with Crippen molar-refractivity contribution in [2.45, 2.75) is 6.92 Å². The van der Waals surface area contributed by atoms with Gasteiger partial charge < -0.3 is 9.47 Å². The van der Waals surface area contributed by atoms with E-state index in [1.54, 1.807) is 31.2 Å². The van der Waals surface area contributed by atoms with E-state index in [1.165, 1.54) is 12.2 Å². The molecule has 2 rings (SSSR count). The zero-order valence-corrected chi connectivity index (χ0v) is 10.9. The average Bonchev–Trinajstić information content (AvgIpc) is 2.77. The predicted octanol–water partition coefficient (Wildman–Crippen LogP) is 1.06. The maximum absolute atomic E-state index is 11.5. The second-order valence-electron chi connectivity index (χ2n) is 3.93. The van der Waals surface area contributed by atoms with Gasteiger partial charge in [-0.2, -0.15) is 0 Å². The van der Waals surface area contributed by atoms with Gasteiger partial charge in [0.2, 0.25) is 0 Å². The Kier molecular flexibility index (Phi) is 4.14. The fourth-order valence-electron chi connectivity index (χ4n) is 1.69. The first-order valence-corrected chi connectivity index (χ1v) is 6.06. The molecular weight excluding hydrogens is 262 g/mol. The molecule has 0 bridgehead atoms. The van der Waals surface area contributed by atoms with Crippen LogP contribution in [0.15, 0.2) is 36.4 Å². The normalized spacial score (nSPS) is 13.8. The highest BCUT2D eigenvalue weighted by Gasteiger charge is 2.24. The fourth-order valence-corrected chi connectivity index (χ4v) is 1.69. The van der Waals surface area contributed by atoms with Gasteiger partial charge in [-0.05, 0) is 31.2 Å². The van der Waals surface area contributed by atoms with E-state index in [0.717, 1.165) is 4.90 Å². The number of esters is 1. The van der Waals surface area contributed by atoms with Gasteiger partial charge in [-0.3, -0.25) is 9.59 Å². The Morgan fingerprint density at radius 1 is 1.10 bits per heavy atom. The van der Waals surface area contributed by atoms with Crippen LogP contribution in [0.1, 0.15) is 6.92 Å². The third-order valence-electron chi connectivity index (χ3n) is 2.57. The second kappa shape index (κ2) is 6.01. The number of nitrogens with zero attached hydrogens (tertiary/aromatic N) is 1. The largest absolute Gasteiger partial charge is 0.482 e. The molecule has 0 fully saturated rings. The van der Waals surface area contributed by atoms with Crippen molar-refractivity contribution in [3.8, 4) is 5.75 Å². The van der Waals surface area contributed by atoms with Crippen molar-refractivity contribution in [2.24, 2.45) is 0 Å². The zero-order valence-electron chi connectivity index (χ0n) is 10.9. The number of anilines is 1. The summed E-state index contributed by atoms with van der Waals surface area (Å²) in [4.78, 5) is 35.1. The minimum absolute atomic E-state index is 0.184. The Labute approximate surface area is 115 Å². The lowest BCUT2D eigenvalue weighted by Gasteiger charge is -2.14. The minimum atomic E-state index is -0.453. The van der Waals surface area contributed by atoms with Crippen LogP contribution >= 0.6 is 0 Å². The van der Waals surface area contributed by atoms with E-state index in [1.807, 2.05) is 0 Å². The lowest BCUT2D eigenvalue weighted by atomic mass is 10.3. The van der Waals surface area contributed by atoms with Crippen LogP contribution in [0.5, 0.6) is 5.75 Å². The van der Waals surface area contributed by atoms with Gasteiger partial charge in [0.1, 0.15) is 5.75 Å². The summed E-state index contributed by atoms with van der Waals surface area (Å²) in [7, 11) is 0. The molecule has 0 saturated heterocycles. The summed E-state index contributed by atoms with van der Waals surface area (Å²) >= 11 is 0. The lowest BCUT2D eigenvalue weighted by molar-refractivity contribution is -0.145. The summed E-state index contributed by atoms with van der Waals surface area (Å²) in [5.74, 6) is -0.759. The molecule has 0 atom stereocenters. The molecule has 20 heavy (non-hydrogen) atoms. The minimum Gasteiger partial charge on any atom is -0.482 e. The van der Waals surface area contributed by atoms with Gasteiger partial charge in [-0.15, -0.1) is 0 Å². The number of ether oxygens (including phenoxy) is 2. The van der Waals surface area contributed by atoms with Crippen LogP contribution in [0.3, 0.4) is 0 Å². The zero-order chi connectivity index (χ0) is 14.5. The van der Waals surface area contributed by atoms with Gasteiger partial charge >= 0.3 is 5.97 Å². The third-order valence-corrected chi connectivity index (χ3v) is 2.57. The number of rotatable bonds is 5. The molecule has 0 aliphatic carbocycles. The van der Waals surface area contributed by atoms with E-state index < -0.39 is 5.97 Å². The lowest BCUT2D eigenvalue weighted by Crippen LogP contribution is -2.29. The molecular formula is C14H13NO5. The summed E-state index contributed by atoms with van der Waals surface area (Å²) in [6, 6.07) is 6.30. The van der Waals surface area contributed by atoms with Crippen LogP contribution in [-0.4, -0.2) is 31.0 Å². The Morgan fingerprint density at radius 3 is 2.25 bits per heavy atom. The number of hydrogen-bond donors (Lipinski definition) is 0. The standard InChI is InChI=1S/C14H13NO5/c1-2-19-14(18)9-20-11-5-3-10(4-6-11)15-12(16)7-8-13(15)17/h3-8H,2,9H2,1H3. The van der Waals surface area contributed by atoms with Gasteiger partial charge in [0.25, 0.3) is 11.8 Å². The molecule has 0 spiro atoms. The SMILES string of the molecule is CCOC(=O)COc1ccc(N2C(=O)C=CC2=O)cc1. The first kappa shape index (κ1) is 13.8. The van der Waals surface area contributed by atoms with Crippen LogP contribution in [0.25, 0.3) is 0 Å². The molecule has 6 nitrogen and oxygen atoms in total. The Balaban J connectivity index is 1.98.